The average molecular weight is 466 g/mol. The fourth-order valence-corrected chi connectivity index (χ4v) is 4.59. The molecule has 1 aromatic carbocycles. The van der Waals surface area contributed by atoms with E-state index in [0.717, 1.165) is 18.8 Å². The van der Waals surface area contributed by atoms with Gasteiger partial charge in [-0.15, -0.1) is 11.3 Å². The maximum Gasteiger partial charge on any atom is 0.258 e. The molecule has 172 valence electrons. The molecule has 2 N–H and O–H groups in total. The Morgan fingerprint density at radius 2 is 1.91 bits per heavy atom. The van der Waals surface area contributed by atoms with Crippen molar-refractivity contribution >= 4 is 34.0 Å². The number of anilines is 2. The van der Waals surface area contributed by atoms with Crippen LogP contribution in [0, 0.1) is 13.8 Å². The average Bonchev–Trinajstić information content (AvgIpc) is 3.27. The molecule has 3 aromatic rings. The first kappa shape index (κ1) is 22.7. The fraction of sp³-hybridized carbons (Fsp3) is 0.333. The molecule has 2 amide bonds. The molecule has 1 fully saturated rings. The van der Waals surface area contributed by atoms with E-state index < -0.39 is 0 Å². The first-order valence-corrected chi connectivity index (χ1v) is 11.8. The van der Waals surface area contributed by atoms with Crippen LogP contribution in [0.5, 0.6) is 0 Å². The van der Waals surface area contributed by atoms with Gasteiger partial charge in [0.25, 0.3) is 5.91 Å². The Labute approximate surface area is 196 Å². The third-order valence-electron chi connectivity index (χ3n) is 5.75. The maximum atomic E-state index is 12.7. The normalized spacial score (nSPS) is 13.8. The van der Waals surface area contributed by atoms with Crippen molar-refractivity contribution in [2.75, 3.05) is 36.4 Å². The molecule has 1 aliphatic rings. The number of carbonyl (C=O) groups excluding carboxylic acids is 2. The van der Waals surface area contributed by atoms with Gasteiger partial charge in [0, 0.05) is 55.9 Å². The summed E-state index contributed by atoms with van der Waals surface area (Å²) in [6, 6.07) is 9.24. The van der Waals surface area contributed by atoms with Crippen molar-refractivity contribution < 1.29 is 9.59 Å². The van der Waals surface area contributed by atoms with Gasteiger partial charge >= 0.3 is 0 Å². The highest BCUT2D eigenvalue weighted by Crippen LogP contribution is 2.23. The maximum absolute atomic E-state index is 12.7. The molecule has 0 atom stereocenters. The molecule has 3 heterocycles. The van der Waals surface area contributed by atoms with Crippen LogP contribution in [0.25, 0.3) is 0 Å². The molecule has 0 bridgehead atoms. The van der Waals surface area contributed by atoms with Gasteiger partial charge in [-0.3, -0.25) is 19.7 Å². The second-order valence-electron chi connectivity index (χ2n) is 8.20. The standard InChI is InChI=1S/C24H27N5O3S/c1-16-3-4-17(2)20(13-16)28-9-11-29(12-10-28)22(31)8-6-19-15-33-24(26-19)27-23(32)18-5-7-21(30)25-14-18/h3-5,7,13-15H,6,8-12H2,1-2H3,(H,25,30)(H,26,27,32). The predicted molar refractivity (Wildman–Crippen MR) is 130 cm³/mol. The number of nitrogens with one attached hydrogen (secondary N) is 2. The van der Waals surface area contributed by atoms with E-state index >= 15 is 0 Å². The van der Waals surface area contributed by atoms with E-state index in [1.807, 2.05) is 10.3 Å². The predicted octanol–water partition coefficient (Wildman–Crippen LogP) is 2.98. The number of aryl methyl sites for hydroxylation is 3. The summed E-state index contributed by atoms with van der Waals surface area (Å²) in [6.45, 7) is 7.30. The first-order valence-electron chi connectivity index (χ1n) is 10.9. The van der Waals surface area contributed by atoms with Crippen molar-refractivity contribution in [1.29, 1.82) is 0 Å². The molecule has 0 spiro atoms. The number of rotatable bonds is 6. The highest BCUT2D eigenvalue weighted by molar-refractivity contribution is 7.14. The smallest absolute Gasteiger partial charge is 0.258 e. The lowest BCUT2D eigenvalue weighted by atomic mass is 10.1. The zero-order chi connectivity index (χ0) is 23.4. The molecule has 9 heteroatoms. The van der Waals surface area contributed by atoms with E-state index in [4.69, 9.17) is 0 Å². The van der Waals surface area contributed by atoms with E-state index in [0.29, 0.717) is 36.6 Å². The van der Waals surface area contributed by atoms with Gasteiger partial charge in [-0.05, 0) is 43.5 Å². The van der Waals surface area contributed by atoms with Gasteiger partial charge in [0.05, 0.1) is 11.3 Å². The number of amides is 2. The van der Waals surface area contributed by atoms with Gasteiger partial charge in [0.1, 0.15) is 0 Å². The molecule has 1 aliphatic heterocycles. The largest absolute Gasteiger partial charge is 0.368 e. The van der Waals surface area contributed by atoms with Crippen LogP contribution in [0.1, 0.15) is 33.6 Å². The molecule has 2 aromatic heterocycles. The number of carbonyl (C=O) groups is 2. The zero-order valence-electron chi connectivity index (χ0n) is 18.8. The van der Waals surface area contributed by atoms with Crippen molar-refractivity contribution in [2.24, 2.45) is 0 Å². The molecule has 0 saturated carbocycles. The Morgan fingerprint density at radius 1 is 1.12 bits per heavy atom. The highest BCUT2D eigenvalue weighted by atomic mass is 32.1. The van der Waals surface area contributed by atoms with Crippen LogP contribution in [0.4, 0.5) is 10.8 Å². The second-order valence-corrected chi connectivity index (χ2v) is 9.06. The molecule has 0 unspecified atom stereocenters. The van der Waals surface area contributed by atoms with Crippen LogP contribution in [0.2, 0.25) is 0 Å². The van der Waals surface area contributed by atoms with Crippen molar-refractivity contribution in [2.45, 2.75) is 26.7 Å². The molecule has 0 radical (unpaired) electrons. The topological polar surface area (TPSA) is 98.4 Å². The van der Waals surface area contributed by atoms with Crippen LogP contribution in [-0.4, -0.2) is 52.9 Å². The summed E-state index contributed by atoms with van der Waals surface area (Å²) < 4.78 is 0. The van der Waals surface area contributed by atoms with Crippen LogP contribution >= 0.6 is 11.3 Å². The van der Waals surface area contributed by atoms with E-state index in [-0.39, 0.29) is 17.4 Å². The Balaban J connectivity index is 1.25. The molecular weight excluding hydrogens is 438 g/mol. The lowest BCUT2D eigenvalue weighted by Gasteiger charge is -2.37. The lowest BCUT2D eigenvalue weighted by Crippen LogP contribution is -2.49. The Hall–Kier alpha value is -3.46. The molecule has 4 rings (SSSR count). The summed E-state index contributed by atoms with van der Waals surface area (Å²) in [5.74, 6) is -0.215. The van der Waals surface area contributed by atoms with Crippen molar-refractivity contribution in [3.05, 3.63) is 74.6 Å². The van der Waals surface area contributed by atoms with Crippen LogP contribution in [0.15, 0.2) is 46.7 Å². The fourth-order valence-electron chi connectivity index (χ4n) is 3.85. The highest BCUT2D eigenvalue weighted by Gasteiger charge is 2.22. The number of thiazole rings is 1. The molecule has 1 saturated heterocycles. The number of H-pyrrole nitrogens is 1. The molecule has 8 nitrogen and oxygen atoms in total. The first-order chi connectivity index (χ1) is 15.9. The van der Waals surface area contributed by atoms with Crippen LogP contribution in [0.3, 0.4) is 0 Å². The van der Waals surface area contributed by atoms with Crippen LogP contribution in [-0.2, 0) is 11.2 Å². The third-order valence-corrected chi connectivity index (χ3v) is 6.56. The summed E-state index contributed by atoms with van der Waals surface area (Å²) >= 11 is 1.32. The van der Waals surface area contributed by atoms with E-state index in [1.165, 1.54) is 46.5 Å². The summed E-state index contributed by atoms with van der Waals surface area (Å²) in [4.78, 5) is 47.2. The molecule has 0 aliphatic carbocycles. The van der Waals surface area contributed by atoms with Gasteiger partial charge in [0.2, 0.25) is 11.5 Å². The quantitative estimate of drug-likeness (QED) is 0.583. The van der Waals surface area contributed by atoms with Crippen molar-refractivity contribution in [1.82, 2.24) is 14.9 Å². The zero-order valence-corrected chi connectivity index (χ0v) is 19.6. The van der Waals surface area contributed by atoms with E-state index in [1.54, 1.807) is 0 Å². The van der Waals surface area contributed by atoms with E-state index in [2.05, 4.69) is 52.2 Å². The van der Waals surface area contributed by atoms with E-state index in [9.17, 15) is 14.4 Å². The van der Waals surface area contributed by atoms with Gasteiger partial charge in [-0.2, -0.15) is 0 Å². The number of hydrogen-bond acceptors (Lipinski definition) is 6. The van der Waals surface area contributed by atoms with Gasteiger partial charge in [-0.25, -0.2) is 4.98 Å². The number of nitrogens with zero attached hydrogens (tertiary/aromatic N) is 3. The van der Waals surface area contributed by atoms with Gasteiger partial charge in [-0.1, -0.05) is 12.1 Å². The van der Waals surface area contributed by atoms with Gasteiger partial charge < -0.3 is 14.8 Å². The summed E-state index contributed by atoms with van der Waals surface area (Å²) in [5, 5.41) is 5.05. The SMILES string of the molecule is Cc1ccc(C)c(N2CCN(C(=O)CCc3csc(NC(=O)c4ccc(=O)[nH]c4)n3)CC2)c1. The Bertz CT molecular complexity index is 1190. The minimum Gasteiger partial charge on any atom is -0.368 e. The second kappa shape index (κ2) is 9.99. The van der Waals surface area contributed by atoms with Crippen molar-refractivity contribution in [3.63, 3.8) is 0 Å². The molecule has 33 heavy (non-hydrogen) atoms. The monoisotopic (exact) mass is 465 g/mol. The van der Waals surface area contributed by atoms with Crippen molar-refractivity contribution in [3.8, 4) is 0 Å². The summed E-state index contributed by atoms with van der Waals surface area (Å²) in [6.07, 6.45) is 2.28. The number of piperazine rings is 1. The van der Waals surface area contributed by atoms with Crippen LogP contribution < -0.4 is 15.8 Å². The summed E-state index contributed by atoms with van der Waals surface area (Å²) in [5.41, 5.74) is 4.61. The number of benzene rings is 1. The van der Waals surface area contributed by atoms with Gasteiger partial charge in [0.15, 0.2) is 5.13 Å². The minimum atomic E-state index is -0.343. The number of hydrogen-bond donors (Lipinski definition) is 2. The number of aromatic amines is 1. The minimum absolute atomic E-state index is 0.127. The molecular formula is C24H27N5O3S. The third kappa shape index (κ3) is 5.67. The number of pyridine rings is 1. The summed E-state index contributed by atoms with van der Waals surface area (Å²) in [7, 11) is 0. The Morgan fingerprint density at radius 3 is 2.64 bits per heavy atom. The Kier molecular flexibility index (Phi) is 6.88. The number of aromatic nitrogens is 2. The lowest BCUT2D eigenvalue weighted by molar-refractivity contribution is -0.131.